The van der Waals surface area contributed by atoms with E-state index in [0.717, 1.165) is 16.0 Å². The van der Waals surface area contributed by atoms with Crippen molar-refractivity contribution in [3.63, 3.8) is 0 Å². The highest BCUT2D eigenvalue weighted by molar-refractivity contribution is 9.10. The Morgan fingerprint density at radius 2 is 2.33 bits per heavy atom. The largest absolute Gasteiger partial charge is 0.326 e. The van der Waals surface area contributed by atoms with E-state index >= 15 is 0 Å². The minimum Gasteiger partial charge on any atom is -0.326 e. The van der Waals surface area contributed by atoms with Crippen LogP contribution in [0.4, 0.5) is 5.69 Å². The highest BCUT2D eigenvalue weighted by atomic mass is 79.9. The highest BCUT2D eigenvalue weighted by Crippen LogP contribution is 2.24. The molecule has 0 aliphatic carbocycles. The summed E-state index contributed by atoms with van der Waals surface area (Å²) in [6.07, 6.45) is 0.426. The standard InChI is InChI=1S/C10H12BrN3O/c1-6-8(2-3-9(11)13-6)14-5-7(12)4-10(14)15/h2-3,7H,4-5,12H2,1H3. The zero-order valence-corrected chi connectivity index (χ0v) is 9.99. The Labute approximate surface area is 96.6 Å². The van der Waals surface area contributed by atoms with Gasteiger partial charge in [0.25, 0.3) is 0 Å². The fourth-order valence-corrected chi connectivity index (χ4v) is 2.17. The van der Waals surface area contributed by atoms with Crippen molar-refractivity contribution in [2.24, 2.45) is 5.73 Å². The number of nitrogens with two attached hydrogens (primary N) is 1. The third-order valence-corrected chi connectivity index (χ3v) is 2.91. The number of carbonyl (C=O) groups is 1. The van der Waals surface area contributed by atoms with Crippen LogP contribution >= 0.6 is 15.9 Å². The van der Waals surface area contributed by atoms with Crippen molar-refractivity contribution in [2.45, 2.75) is 19.4 Å². The molecule has 0 spiro atoms. The van der Waals surface area contributed by atoms with E-state index in [0.29, 0.717) is 13.0 Å². The van der Waals surface area contributed by atoms with Crippen molar-refractivity contribution in [2.75, 3.05) is 11.4 Å². The first kappa shape index (κ1) is 10.6. The zero-order chi connectivity index (χ0) is 11.0. The van der Waals surface area contributed by atoms with E-state index in [2.05, 4.69) is 20.9 Å². The maximum absolute atomic E-state index is 11.6. The Morgan fingerprint density at radius 1 is 1.60 bits per heavy atom. The molecule has 1 aromatic heterocycles. The molecule has 1 amide bonds. The van der Waals surface area contributed by atoms with Gasteiger partial charge in [-0.2, -0.15) is 0 Å². The van der Waals surface area contributed by atoms with E-state index in [1.807, 2.05) is 19.1 Å². The SMILES string of the molecule is Cc1nc(Br)ccc1N1CC(N)CC1=O. The van der Waals surface area contributed by atoms with Gasteiger partial charge >= 0.3 is 0 Å². The molecule has 1 aromatic rings. The normalized spacial score (nSPS) is 21.1. The first-order valence-corrected chi connectivity index (χ1v) is 5.56. The van der Waals surface area contributed by atoms with Gasteiger partial charge in [0.2, 0.25) is 5.91 Å². The van der Waals surface area contributed by atoms with E-state index in [-0.39, 0.29) is 11.9 Å². The summed E-state index contributed by atoms with van der Waals surface area (Å²) in [7, 11) is 0. The molecule has 4 nitrogen and oxygen atoms in total. The Balaban J connectivity index is 2.34. The van der Waals surface area contributed by atoms with Crippen molar-refractivity contribution < 1.29 is 4.79 Å². The molecule has 0 saturated carbocycles. The van der Waals surface area contributed by atoms with E-state index in [1.54, 1.807) is 4.90 Å². The van der Waals surface area contributed by atoms with Crippen LogP contribution in [0.1, 0.15) is 12.1 Å². The first-order chi connectivity index (χ1) is 7.08. The summed E-state index contributed by atoms with van der Waals surface area (Å²) >= 11 is 3.29. The lowest BCUT2D eigenvalue weighted by molar-refractivity contribution is -0.117. The smallest absolute Gasteiger partial charge is 0.228 e. The molecule has 1 unspecified atom stereocenters. The molecule has 0 radical (unpaired) electrons. The van der Waals surface area contributed by atoms with Gasteiger partial charge < -0.3 is 10.6 Å². The zero-order valence-electron chi connectivity index (χ0n) is 8.40. The monoisotopic (exact) mass is 269 g/mol. The summed E-state index contributed by atoms with van der Waals surface area (Å²) in [5.41, 5.74) is 7.44. The number of nitrogens with zero attached hydrogens (tertiary/aromatic N) is 2. The van der Waals surface area contributed by atoms with Crippen LogP contribution in [0.25, 0.3) is 0 Å². The van der Waals surface area contributed by atoms with E-state index in [9.17, 15) is 4.79 Å². The Bertz CT molecular complexity index is 408. The van der Waals surface area contributed by atoms with Gasteiger partial charge in [-0.25, -0.2) is 4.98 Å². The van der Waals surface area contributed by atoms with Crippen LogP contribution in [0.15, 0.2) is 16.7 Å². The number of amides is 1. The predicted molar refractivity (Wildman–Crippen MR) is 61.6 cm³/mol. The number of carbonyl (C=O) groups excluding carboxylic acids is 1. The van der Waals surface area contributed by atoms with Crippen molar-refractivity contribution in [3.05, 3.63) is 22.4 Å². The number of aryl methyl sites for hydroxylation is 1. The quantitative estimate of drug-likeness (QED) is 0.780. The molecule has 1 fully saturated rings. The van der Waals surface area contributed by atoms with Crippen molar-refractivity contribution >= 4 is 27.5 Å². The number of aromatic nitrogens is 1. The summed E-state index contributed by atoms with van der Waals surface area (Å²) in [6.45, 7) is 2.47. The van der Waals surface area contributed by atoms with Gasteiger partial charge in [-0.15, -0.1) is 0 Å². The second kappa shape index (κ2) is 3.90. The van der Waals surface area contributed by atoms with Gasteiger partial charge in [-0.1, -0.05) is 0 Å². The molecule has 5 heteroatoms. The summed E-state index contributed by atoms with van der Waals surface area (Å²) in [6, 6.07) is 3.67. The third kappa shape index (κ3) is 2.03. The molecule has 1 saturated heterocycles. The maximum Gasteiger partial charge on any atom is 0.228 e. The van der Waals surface area contributed by atoms with Crippen LogP contribution in [-0.4, -0.2) is 23.5 Å². The van der Waals surface area contributed by atoms with Crippen molar-refractivity contribution in [1.82, 2.24) is 4.98 Å². The number of anilines is 1. The molecule has 2 rings (SSSR count). The molecule has 15 heavy (non-hydrogen) atoms. The number of pyridine rings is 1. The van der Waals surface area contributed by atoms with Crippen LogP contribution in [0, 0.1) is 6.92 Å². The number of halogens is 1. The minimum atomic E-state index is -0.0550. The average molecular weight is 270 g/mol. The maximum atomic E-state index is 11.6. The van der Waals surface area contributed by atoms with Gasteiger partial charge in [0.1, 0.15) is 4.60 Å². The van der Waals surface area contributed by atoms with Crippen molar-refractivity contribution in [1.29, 1.82) is 0 Å². The molecule has 80 valence electrons. The molecular weight excluding hydrogens is 258 g/mol. The summed E-state index contributed by atoms with van der Waals surface area (Å²) < 4.78 is 0.777. The predicted octanol–water partition coefficient (Wildman–Crippen LogP) is 1.22. The molecule has 0 bridgehead atoms. The summed E-state index contributed by atoms with van der Waals surface area (Å²) in [5.74, 6) is 0.0784. The first-order valence-electron chi connectivity index (χ1n) is 4.77. The second-order valence-corrected chi connectivity index (χ2v) is 4.52. The molecule has 1 atom stereocenters. The topological polar surface area (TPSA) is 59.2 Å². The third-order valence-electron chi connectivity index (χ3n) is 2.47. The lowest BCUT2D eigenvalue weighted by Gasteiger charge is -2.17. The fourth-order valence-electron chi connectivity index (χ4n) is 1.78. The summed E-state index contributed by atoms with van der Waals surface area (Å²) in [5, 5.41) is 0. The Kier molecular flexibility index (Phi) is 2.75. The summed E-state index contributed by atoms with van der Waals surface area (Å²) in [4.78, 5) is 17.6. The lowest BCUT2D eigenvalue weighted by Crippen LogP contribution is -2.28. The fraction of sp³-hybridized carbons (Fsp3) is 0.400. The second-order valence-electron chi connectivity index (χ2n) is 3.71. The van der Waals surface area contributed by atoms with E-state index < -0.39 is 0 Å². The van der Waals surface area contributed by atoms with Crippen molar-refractivity contribution in [3.8, 4) is 0 Å². The van der Waals surface area contributed by atoms with Gasteiger partial charge in [0.05, 0.1) is 11.4 Å². The van der Waals surface area contributed by atoms with E-state index in [4.69, 9.17) is 5.73 Å². The number of hydrogen-bond acceptors (Lipinski definition) is 3. The molecule has 2 N–H and O–H groups in total. The minimum absolute atomic E-state index is 0.0550. The van der Waals surface area contributed by atoms with Crippen LogP contribution in [0.2, 0.25) is 0 Å². The van der Waals surface area contributed by atoms with Gasteiger partial charge in [0, 0.05) is 19.0 Å². The highest BCUT2D eigenvalue weighted by Gasteiger charge is 2.29. The van der Waals surface area contributed by atoms with Crippen LogP contribution in [0.5, 0.6) is 0 Å². The molecule has 1 aliphatic rings. The van der Waals surface area contributed by atoms with Gasteiger partial charge in [-0.05, 0) is 35.0 Å². The molecule has 0 aromatic carbocycles. The average Bonchev–Trinajstić information content (AvgIpc) is 2.45. The number of hydrogen-bond donors (Lipinski definition) is 1. The Morgan fingerprint density at radius 3 is 2.87 bits per heavy atom. The van der Waals surface area contributed by atoms with E-state index in [1.165, 1.54) is 0 Å². The lowest BCUT2D eigenvalue weighted by atomic mass is 10.3. The van der Waals surface area contributed by atoms with Gasteiger partial charge in [0.15, 0.2) is 0 Å². The number of rotatable bonds is 1. The van der Waals surface area contributed by atoms with Crippen LogP contribution in [0.3, 0.4) is 0 Å². The molecular formula is C10H12BrN3O. The van der Waals surface area contributed by atoms with Gasteiger partial charge in [-0.3, -0.25) is 4.79 Å². The van der Waals surface area contributed by atoms with Crippen LogP contribution < -0.4 is 10.6 Å². The Hall–Kier alpha value is -0.940. The molecule has 2 heterocycles. The molecule has 1 aliphatic heterocycles. The van der Waals surface area contributed by atoms with Crippen LogP contribution in [-0.2, 0) is 4.79 Å².